The molecule has 1 aromatic rings. The van der Waals surface area contributed by atoms with Gasteiger partial charge in [-0.05, 0) is 57.3 Å². The van der Waals surface area contributed by atoms with Crippen LogP contribution in [0.15, 0.2) is 4.52 Å². The number of nitrogens with one attached hydrogen (secondary N) is 1. The summed E-state index contributed by atoms with van der Waals surface area (Å²) in [5.41, 5.74) is 0. The number of rotatable bonds is 4. The maximum atomic E-state index is 12.5. The van der Waals surface area contributed by atoms with E-state index in [1.165, 1.54) is 25.7 Å². The molecule has 6 heteroatoms. The third-order valence-electron chi connectivity index (χ3n) is 5.22. The third-order valence-corrected chi connectivity index (χ3v) is 5.22. The Morgan fingerprint density at radius 1 is 1.18 bits per heavy atom. The molecular weight excluding hydrogens is 280 g/mol. The van der Waals surface area contributed by atoms with Gasteiger partial charge in [0.15, 0.2) is 5.82 Å². The second kappa shape index (κ2) is 5.56. The molecule has 0 bridgehead atoms. The Labute approximate surface area is 130 Å². The molecule has 1 saturated heterocycles. The molecule has 0 unspecified atom stereocenters. The van der Waals surface area contributed by atoms with Crippen LogP contribution >= 0.6 is 0 Å². The molecule has 0 aromatic carbocycles. The summed E-state index contributed by atoms with van der Waals surface area (Å²) in [5, 5.41) is 7.16. The van der Waals surface area contributed by atoms with Crippen molar-refractivity contribution in [3.63, 3.8) is 0 Å². The normalized spacial score (nSPS) is 23.1. The van der Waals surface area contributed by atoms with Gasteiger partial charge in [0, 0.05) is 25.0 Å². The minimum absolute atomic E-state index is 0.129. The SMILES string of the molecule is Cc1noc(C2CCN(C(=O)NC(C3CC3)C3CC3)CC2)n1. The van der Waals surface area contributed by atoms with Crippen LogP contribution in [0.2, 0.25) is 0 Å². The van der Waals surface area contributed by atoms with E-state index in [4.69, 9.17) is 4.52 Å². The molecule has 1 aromatic heterocycles. The maximum absolute atomic E-state index is 12.5. The summed E-state index contributed by atoms with van der Waals surface area (Å²) in [6.45, 7) is 3.39. The van der Waals surface area contributed by atoms with Gasteiger partial charge in [0.25, 0.3) is 0 Å². The van der Waals surface area contributed by atoms with E-state index in [9.17, 15) is 4.79 Å². The van der Waals surface area contributed by atoms with E-state index >= 15 is 0 Å². The Balaban J connectivity index is 1.30. The first-order chi connectivity index (χ1) is 10.7. The van der Waals surface area contributed by atoms with Gasteiger partial charge in [-0.25, -0.2) is 4.79 Å². The van der Waals surface area contributed by atoms with Gasteiger partial charge in [-0.15, -0.1) is 0 Å². The Morgan fingerprint density at radius 2 is 1.82 bits per heavy atom. The van der Waals surface area contributed by atoms with Crippen LogP contribution in [-0.2, 0) is 0 Å². The summed E-state index contributed by atoms with van der Waals surface area (Å²) in [5.74, 6) is 3.21. The lowest BCUT2D eigenvalue weighted by atomic mass is 9.97. The molecule has 0 radical (unpaired) electrons. The van der Waals surface area contributed by atoms with Crippen LogP contribution in [0.25, 0.3) is 0 Å². The molecule has 0 spiro atoms. The fourth-order valence-corrected chi connectivity index (χ4v) is 3.57. The predicted octanol–water partition coefficient (Wildman–Crippen LogP) is 2.46. The lowest BCUT2D eigenvalue weighted by Gasteiger charge is -2.32. The number of aryl methyl sites for hydroxylation is 1. The minimum Gasteiger partial charge on any atom is -0.339 e. The number of carbonyl (C=O) groups is 1. The Hall–Kier alpha value is -1.59. The van der Waals surface area contributed by atoms with Crippen LogP contribution in [0, 0.1) is 18.8 Å². The fourth-order valence-electron chi connectivity index (χ4n) is 3.57. The molecular formula is C16H24N4O2. The Bertz CT molecular complexity index is 530. The van der Waals surface area contributed by atoms with Crippen molar-refractivity contribution >= 4 is 6.03 Å². The minimum atomic E-state index is 0.129. The first-order valence-corrected chi connectivity index (χ1v) is 8.56. The zero-order chi connectivity index (χ0) is 15.1. The summed E-state index contributed by atoms with van der Waals surface area (Å²) >= 11 is 0. The van der Waals surface area contributed by atoms with Crippen LogP contribution in [0.4, 0.5) is 4.79 Å². The Kier molecular flexibility index (Phi) is 3.54. The molecule has 3 aliphatic rings. The lowest BCUT2D eigenvalue weighted by molar-refractivity contribution is 0.169. The number of amides is 2. The van der Waals surface area contributed by atoms with Crippen molar-refractivity contribution in [2.45, 2.75) is 57.4 Å². The molecule has 2 heterocycles. The molecule has 2 amide bonds. The number of urea groups is 1. The van der Waals surface area contributed by atoms with E-state index in [1.807, 2.05) is 11.8 Å². The first-order valence-electron chi connectivity index (χ1n) is 8.56. The average molecular weight is 304 g/mol. The molecule has 2 aliphatic carbocycles. The van der Waals surface area contributed by atoms with Gasteiger partial charge in [0.2, 0.25) is 5.89 Å². The van der Waals surface area contributed by atoms with Crippen LogP contribution in [0.1, 0.15) is 56.2 Å². The van der Waals surface area contributed by atoms with Gasteiger partial charge < -0.3 is 14.7 Å². The van der Waals surface area contributed by atoms with Crippen molar-refractivity contribution in [2.75, 3.05) is 13.1 Å². The number of hydrogen-bond donors (Lipinski definition) is 1. The third kappa shape index (κ3) is 2.96. The van der Waals surface area contributed by atoms with Crippen LogP contribution in [-0.4, -0.2) is 40.2 Å². The lowest BCUT2D eigenvalue weighted by Crippen LogP contribution is -2.49. The predicted molar refractivity (Wildman–Crippen MR) is 80.4 cm³/mol. The highest BCUT2D eigenvalue weighted by atomic mass is 16.5. The van der Waals surface area contributed by atoms with E-state index in [-0.39, 0.29) is 6.03 Å². The van der Waals surface area contributed by atoms with E-state index in [2.05, 4.69) is 15.5 Å². The summed E-state index contributed by atoms with van der Waals surface area (Å²) in [7, 11) is 0. The molecule has 22 heavy (non-hydrogen) atoms. The van der Waals surface area contributed by atoms with E-state index in [0.717, 1.165) is 43.7 Å². The largest absolute Gasteiger partial charge is 0.339 e. The zero-order valence-electron chi connectivity index (χ0n) is 13.1. The Morgan fingerprint density at radius 3 is 2.32 bits per heavy atom. The number of carbonyl (C=O) groups excluding carboxylic acids is 1. The molecule has 0 atom stereocenters. The second-order valence-electron chi connectivity index (χ2n) is 7.09. The van der Waals surface area contributed by atoms with Gasteiger partial charge >= 0.3 is 6.03 Å². The number of likely N-dealkylation sites (tertiary alicyclic amines) is 1. The van der Waals surface area contributed by atoms with Crippen molar-refractivity contribution in [2.24, 2.45) is 11.8 Å². The monoisotopic (exact) mass is 304 g/mol. The average Bonchev–Trinajstić information content (AvgIpc) is 3.44. The van der Waals surface area contributed by atoms with Crippen LogP contribution < -0.4 is 5.32 Å². The fraction of sp³-hybridized carbons (Fsp3) is 0.812. The van der Waals surface area contributed by atoms with Crippen LogP contribution in [0.5, 0.6) is 0 Å². The van der Waals surface area contributed by atoms with Crippen molar-refractivity contribution in [1.29, 1.82) is 0 Å². The van der Waals surface area contributed by atoms with Crippen molar-refractivity contribution in [3.8, 4) is 0 Å². The highest BCUT2D eigenvalue weighted by Crippen LogP contribution is 2.44. The molecule has 2 saturated carbocycles. The van der Waals surface area contributed by atoms with Gasteiger partial charge in [-0.2, -0.15) is 4.98 Å². The van der Waals surface area contributed by atoms with E-state index in [1.54, 1.807) is 0 Å². The molecule has 1 N–H and O–H groups in total. The van der Waals surface area contributed by atoms with Crippen molar-refractivity contribution in [3.05, 3.63) is 11.7 Å². The second-order valence-corrected chi connectivity index (χ2v) is 7.09. The number of piperidine rings is 1. The van der Waals surface area contributed by atoms with Crippen molar-refractivity contribution < 1.29 is 9.32 Å². The summed E-state index contributed by atoms with van der Waals surface area (Å²) in [6, 6.07) is 0.563. The maximum Gasteiger partial charge on any atom is 0.317 e. The molecule has 3 fully saturated rings. The quantitative estimate of drug-likeness (QED) is 0.927. The van der Waals surface area contributed by atoms with E-state index < -0.39 is 0 Å². The highest BCUT2D eigenvalue weighted by molar-refractivity contribution is 5.74. The number of nitrogens with zero attached hydrogens (tertiary/aromatic N) is 3. The van der Waals surface area contributed by atoms with Gasteiger partial charge in [0.05, 0.1) is 0 Å². The zero-order valence-corrected chi connectivity index (χ0v) is 13.1. The first kappa shape index (κ1) is 14.0. The van der Waals surface area contributed by atoms with Gasteiger partial charge in [-0.3, -0.25) is 0 Å². The standard InChI is InChI=1S/C16H24N4O2/c1-10-17-15(22-19-10)13-6-8-20(9-7-13)16(21)18-14(11-2-3-11)12-4-5-12/h11-14H,2-9H2,1H3,(H,18,21). The molecule has 4 rings (SSSR count). The summed E-state index contributed by atoms with van der Waals surface area (Å²) < 4.78 is 5.26. The number of aromatic nitrogens is 2. The summed E-state index contributed by atoms with van der Waals surface area (Å²) in [6.07, 6.45) is 6.99. The smallest absolute Gasteiger partial charge is 0.317 e. The van der Waals surface area contributed by atoms with Crippen LogP contribution in [0.3, 0.4) is 0 Å². The van der Waals surface area contributed by atoms with E-state index in [0.29, 0.717) is 17.8 Å². The van der Waals surface area contributed by atoms with Gasteiger partial charge in [0.1, 0.15) is 0 Å². The molecule has 120 valence electrons. The topological polar surface area (TPSA) is 71.3 Å². The summed E-state index contributed by atoms with van der Waals surface area (Å²) in [4.78, 5) is 18.8. The molecule has 1 aliphatic heterocycles. The highest BCUT2D eigenvalue weighted by Gasteiger charge is 2.43. The number of hydrogen-bond acceptors (Lipinski definition) is 4. The molecule has 6 nitrogen and oxygen atoms in total. The van der Waals surface area contributed by atoms with Gasteiger partial charge in [-0.1, -0.05) is 5.16 Å². The van der Waals surface area contributed by atoms with Crippen molar-refractivity contribution in [1.82, 2.24) is 20.4 Å².